The molecule has 0 aromatic carbocycles. The average Bonchev–Trinajstić information content (AvgIpc) is 2.38. The molecule has 5 nitrogen and oxygen atoms in total. The summed E-state index contributed by atoms with van der Waals surface area (Å²) in [4.78, 5) is 7.37. The minimum Gasteiger partial charge on any atom is -0.225 e. The third kappa shape index (κ3) is 3.99. The number of sulfonamides is 1. The van der Waals surface area contributed by atoms with Gasteiger partial charge in [-0.25, -0.2) is 23.1 Å². The highest BCUT2D eigenvalue weighted by atomic mass is 35.5. The second kappa shape index (κ2) is 6.42. The van der Waals surface area contributed by atoms with Crippen molar-refractivity contribution in [3.05, 3.63) is 17.7 Å². The first-order chi connectivity index (χ1) is 8.58. The Hall–Kier alpha value is -0.0200. The van der Waals surface area contributed by atoms with Crippen LogP contribution in [0.25, 0.3) is 0 Å². The van der Waals surface area contributed by atoms with Crippen molar-refractivity contribution in [2.24, 2.45) is 0 Å². The predicted molar refractivity (Wildman–Crippen MR) is 75.8 cm³/mol. The normalized spacial score (nSPS) is 20.8. The van der Waals surface area contributed by atoms with Gasteiger partial charge in [0.15, 0.2) is 0 Å². The summed E-state index contributed by atoms with van der Waals surface area (Å²) >= 11 is 9.17. The number of hydrogen-bond acceptors (Lipinski definition) is 6. The molecule has 0 bridgehead atoms. The predicted octanol–water partition coefficient (Wildman–Crippen LogP) is 1.26. The van der Waals surface area contributed by atoms with Crippen molar-refractivity contribution in [3.8, 4) is 0 Å². The summed E-state index contributed by atoms with van der Waals surface area (Å²) in [5.74, 6) is 3.18. The van der Waals surface area contributed by atoms with E-state index in [0.717, 1.165) is 17.3 Å². The highest BCUT2D eigenvalue weighted by Crippen LogP contribution is 2.23. The number of nitrogens with zero attached hydrogens (tertiary/aromatic N) is 2. The highest BCUT2D eigenvalue weighted by molar-refractivity contribution is 8.06. The van der Waals surface area contributed by atoms with Gasteiger partial charge in [-0.15, -0.1) is 0 Å². The highest BCUT2D eigenvalue weighted by Gasteiger charge is 2.19. The van der Waals surface area contributed by atoms with E-state index in [1.807, 2.05) is 11.8 Å². The minimum absolute atomic E-state index is 0.0354. The Morgan fingerprint density at radius 2 is 2.11 bits per heavy atom. The van der Waals surface area contributed by atoms with Gasteiger partial charge in [-0.05, 0) is 11.6 Å². The SMILES string of the molecule is O=S(=O)(NCC1CSCCS1)c1cnc(Cl)nc1. The second-order valence-corrected chi connectivity index (χ2v) is 8.27. The molecule has 2 rings (SSSR count). The molecule has 0 spiro atoms. The monoisotopic (exact) mass is 325 g/mol. The van der Waals surface area contributed by atoms with E-state index in [1.165, 1.54) is 12.4 Å². The van der Waals surface area contributed by atoms with Crippen molar-refractivity contribution in [2.45, 2.75) is 10.1 Å². The van der Waals surface area contributed by atoms with E-state index in [9.17, 15) is 8.42 Å². The van der Waals surface area contributed by atoms with E-state index in [-0.39, 0.29) is 10.2 Å². The standard InChI is InChI=1S/C9H12ClN3O2S3/c10-9-11-4-8(5-12-9)18(14,15)13-3-7-6-16-1-2-17-7/h4-5,7,13H,1-3,6H2. The fraction of sp³-hybridized carbons (Fsp3) is 0.556. The first kappa shape index (κ1) is 14.4. The Morgan fingerprint density at radius 3 is 2.72 bits per heavy atom. The smallest absolute Gasteiger partial charge is 0.225 e. The molecule has 1 atom stereocenters. The van der Waals surface area contributed by atoms with E-state index in [0.29, 0.717) is 11.8 Å². The van der Waals surface area contributed by atoms with Crippen LogP contribution in [0, 0.1) is 0 Å². The molecule has 0 radical (unpaired) electrons. The summed E-state index contributed by atoms with van der Waals surface area (Å²) in [5.41, 5.74) is 0. The maximum absolute atomic E-state index is 11.9. The first-order valence-corrected chi connectivity index (χ1v) is 9.31. The molecule has 0 amide bonds. The van der Waals surface area contributed by atoms with Gasteiger partial charge in [-0.1, -0.05) is 0 Å². The summed E-state index contributed by atoms with van der Waals surface area (Å²) in [6.07, 6.45) is 2.42. The third-order valence-electron chi connectivity index (χ3n) is 2.29. The molecule has 1 aliphatic rings. The van der Waals surface area contributed by atoms with Crippen molar-refractivity contribution in [1.29, 1.82) is 0 Å². The average molecular weight is 326 g/mol. The van der Waals surface area contributed by atoms with E-state index >= 15 is 0 Å². The molecule has 0 aliphatic carbocycles. The van der Waals surface area contributed by atoms with E-state index in [4.69, 9.17) is 11.6 Å². The summed E-state index contributed by atoms with van der Waals surface area (Å²) in [6, 6.07) is 0. The molecule has 18 heavy (non-hydrogen) atoms. The lowest BCUT2D eigenvalue weighted by Gasteiger charge is -2.20. The zero-order valence-electron chi connectivity index (χ0n) is 9.37. The maximum Gasteiger partial charge on any atom is 0.243 e. The van der Waals surface area contributed by atoms with Crippen LogP contribution in [0.1, 0.15) is 0 Å². The van der Waals surface area contributed by atoms with Gasteiger partial charge in [0.05, 0.1) is 12.4 Å². The lowest BCUT2D eigenvalue weighted by Crippen LogP contribution is -2.33. The number of rotatable bonds is 4. The molecule has 1 fully saturated rings. The zero-order valence-corrected chi connectivity index (χ0v) is 12.6. The fourth-order valence-electron chi connectivity index (χ4n) is 1.38. The second-order valence-electron chi connectivity index (χ2n) is 3.61. The Labute approximate surface area is 120 Å². The van der Waals surface area contributed by atoms with Crippen LogP contribution < -0.4 is 4.72 Å². The molecule has 9 heteroatoms. The quantitative estimate of drug-likeness (QED) is 0.840. The van der Waals surface area contributed by atoms with Gasteiger partial charge in [0.25, 0.3) is 0 Å². The van der Waals surface area contributed by atoms with Crippen molar-refractivity contribution >= 4 is 45.1 Å². The fourth-order valence-corrected chi connectivity index (χ4v) is 5.16. The molecular weight excluding hydrogens is 314 g/mol. The van der Waals surface area contributed by atoms with Crippen LogP contribution in [0.2, 0.25) is 5.28 Å². The molecule has 0 saturated carbocycles. The van der Waals surface area contributed by atoms with Crippen molar-refractivity contribution in [1.82, 2.24) is 14.7 Å². The lowest BCUT2D eigenvalue weighted by atomic mass is 10.5. The van der Waals surface area contributed by atoms with Crippen LogP contribution in [0.3, 0.4) is 0 Å². The van der Waals surface area contributed by atoms with E-state index in [2.05, 4.69) is 14.7 Å². The molecular formula is C9H12ClN3O2S3. The largest absolute Gasteiger partial charge is 0.243 e. The maximum atomic E-state index is 11.9. The summed E-state index contributed by atoms with van der Waals surface area (Å²) in [7, 11) is -3.53. The molecule has 1 aromatic rings. The van der Waals surface area contributed by atoms with Crippen LogP contribution in [0.15, 0.2) is 17.3 Å². The summed E-state index contributed by atoms with van der Waals surface area (Å²) in [6.45, 7) is 0.433. The summed E-state index contributed by atoms with van der Waals surface area (Å²) < 4.78 is 26.5. The third-order valence-corrected chi connectivity index (χ3v) is 6.71. The Bertz CT molecular complexity index is 488. The topological polar surface area (TPSA) is 72.0 Å². The van der Waals surface area contributed by atoms with Crippen LogP contribution in [0.4, 0.5) is 0 Å². The number of hydrogen-bond donors (Lipinski definition) is 1. The molecule has 1 aromatic heterocycles. The minimum atomic E-state index is -3.53. The van der Waals surface area contributed by atoms with Crippen LogP contribution in [-0.4, -0.2) is 47.4 Å². The molecule has 1 saturated heterocycles. The zero-order chi connectivity index (χ0) is 13.0. The Kier molecular flexibility index (Phi) is 5.14. The van der Waals surface area contributed by atoms with Gasteiger partial charge in [0, 0.05) is 29.1 Å². The van der Waals surface area contributed by atoms with Gasteiger partial charge in [-0.2, -0.15) is 23.5 Å². The van der Waals surface area contributed by atoms with Crippen LogP contribution in [0.5, 0.6) is 0 Å². The van der Waals surface area contributed by atoms with Gasteiger partial charge < -0.3 is 0 Å². The molecule has 1 N–H and O–H groups in total. The van der Waals surface area contributed by atoms with E-state index in [1.54, 1.807) is 11.8 Å². The Balaban J connectivity index is 1.96. The van der Waals surface area contributed by atoms with Gasteiger partial charge in [0.2, 0.25) is 15.3 Å². The van der Waals surface area contributed by atoms with Crippen LogP contribution in [-0.2, 0) is 10.0 Å². The Morgan fingerprint density at radius 1 is 1.39 bits per heavy atom. The number of halogens is 1. The van der Waals surface area contributed by atoms with Gasteiger partial charge in [0.1, 0.15) is 4.90 Å². The molecule has 100 valence electrons. The first-order valence-electron chi connectivity index (χ1n) is 5.24. The van der Waals surface area contributed by atoms with Crippen molar-refractivity contribution in [2.75, 3.05) is 23.8 Å². The van der Waals surface area contributed by atoms with Gasteiger partial charge >= 0.3 is 0 Å². The molecule has 2 heterocycles. The van der Waals surface area contributed by atoms with Crippen LogP contribution >= 0.6 is 35.1 Å². The van der Waals surface area contributed by atoms with E-state index < -0.39 is 10.0 Å². The molecule has 1 aliphatic heterocycles. The number of thioether (sulfide) groups is 2. The number of nitrogens with one attached hydrogen (secondary N) is 1. The number of aromatic nitrogens is 2. The molecule has 1 unspecified atom stereocenters. The van der Waals surface area contributed by atoms with Crippen molar-refractivity contribution < 1.29 is 8.42 Å². The van der Waals surface area contributed by atoms with Crippen molar-refractivity contribution in [3.63, 3.8) is 0 Å². The van der Waals surface area contributed by atoms with Gasteiger partial charge in [-0.3, -0.25) is 0 Å². The summed E-state index contributed by atoms with van der Waals surface area (Å²) in [5, 5.41) is 0.361. The lowest BCUT2D eigenvalue weighted by molar-refractivity contribution is 0.580.